The van der Waals surface area contributed by atoms with Gasteiger partial charge in [-0.3, -0.25) is 0 Å². The maximum Gasteiger partial charge on any atom is 2.00 e. The monoisotopic (exact) mass is 364 g/mol. The molecule has 0 radical (unpaired) electrons. The molecule has 0 spiro atoms. The molecular weight excluding hydrogens is 365 g/mol. The van der Waals surface area contributed by atoms with Crippen LogP contribution in [0.15, 0.2) is 0 Å². The average molecular weight is 365 g/mol. The van der Waals surface area contributed by atoms with E-state index in [2.05, 4.69) is 0 Å². The molecule has 0 rings (SSSR count). The van der Waals surface area contributed by atoms with Crippen LogP contribution in [0.2, 0.25) is 0 Å². The molecular formula is Cl6FeMo. The first-order valence-corrected chi connectivity index (χ1v) is 11.0. The third kappa shape index (κ3) is 65.0. The normalized spacial score (nSPS) is 9.50. The van der Waals surface area contributed by atoms with Gasteiger partial charge in [-0.1, -0.05) is 0 Å². The second-order valence-electron chi connectivity index (χ2n) is 0.350. The van der Waals surface area contributed by atoms with Crippen molar-refractivity contribution < 1.29 is 53.8 Å². The third-order valence-electron chi connectivity index (χ3n) is 0. The van der Waals surface area contributed by atoms with Crippen LogP contribution in [0.4, 0.5) is 0 Å². The summed E-state index contributed by atoms with van der Waals surface area (Å²) in [5.74, 6) is 0. The molecule has 0 N–H and O–H groups in total. The Hall–Kier alpha value is 2.95. The zero-order valence-corrected chi connectivity index (χ0v) is 10.7. The summed E-state index contributed by atoms with van der Waals surface area (Å²) in [7, 11) is 20.1. The number of halogens is 6. The average Bonchev–Trinajstić information content (AvgIpc) is 0.722. The quantitative estimate of drug-likeness (QED) is 0.397. The van der Waals surface area contributed by atoms with Crippen LogP contribution in [0.1, 0.15) is 0 Å². The van der Waals surface area contributed by atoms with Crippen LogP contribution in [0.3, 0.4) is 0 Å². The Balaban J connectivity index is -0.0000000267. The molecule has 8 heavy (non-hydrogen) atoms. The minimum absolute atomic E-state index is 0. The summed E-state index contributed by atoms with van der Waals surface area (Å²) >= 11 is -3.13. The molecule has 0 atom stereocenters. The molecule has 0 aliphatic rings. The largest absolute Gasteiger partial charge is 2.00 e. The summed E-state index contributed by atoms with van der Waals surface area (Å²) in [5.41, 5.74) is 0. The van der Waals surface area contributed by atoms with Gasteiger partial charge in [0.25, 0.3) is 0 Å². The zero-order chi connectivity index (χ0) is 4.50. The predicted octanol–water partition coefficient (Wildman–Crippen LogP) is -3.24. The van der Waals surface area contributed by atoms with Crippen molar-refractivity contribution in [3.63, 3.8) is 0 Å². The van der Waals surface area contributed by atoms with E-state index in [0.29, 0.717) is 0 Å². The van der Waals surface area contributed by atoms with Gasteiger partial charge in [0.2, 0.25) is 0 Å². The topological polar surface area (TPSA) is 0 Å². The van der Waals surface area contributed by atoms with Gasteiger partial charge in [0.1, 0.15) is 0 Å². The molecule has 0 aromatic heterocycles. The first-order valence-electron chi connectivity index (χ1n) is 0.617. The smallest absolute Gasteiger partial charge is 2.00 e. The molecule has 0 aromatic carbocycles. The molecule has 56 valence electrons. The van der Waals surface area contributed by atoms with Gasteiger partial charge >= 0.3 is 66.6 Å². The molecule has 0 aliphatic heterocycles. The molecule has 8 heteroatoms. The molecule has 0 saturated heterocycles. The molecule has 0 bridgehead atoms. The minimum Gasteiger partial charge on any atom is 2.00 e. The number of rotatable bonds is 0. The van der Waals surface area contributed by atoms with Crippen molar-refractivity contribution in [1.29, 1.82) is 0 Å². The van der Waals surface area contributed by atoms with Gasteiger partial charge in [0.05, 0.1) is 0 Å². The van der Waals surface area contributed by atoms with Crippen molar-refractivity contribution in [1.82, 2.24) is 0 Å². The van der Waals surface area contributed by atoms with Gasteiger partial charge in [0, 0.05) is 0 Å². The van der Waals surface area contributed by atoms with Crippen LogP contribution in [0, 0.1) is 0 Å². The fraction of sp³-hybridized carbons (Fsp3) is 0. The maximum absolute atomic E-state index is 5.02. The number of hydrogen-bond donors (Lipinski definition) is 0. The zero-order valence-electron chi connectivity index (χ0n) is 3.03. The Kier molecular flexibility index (Phi) is 27.9. The molecule has 0 nitrogen and oxygen atoms in total. The molecule has 0 fully saturated rings. The Bertz CT molecular complexity index is 24.0. The molecule has 0 saturated carbocycles. The van der Waals surface area contributed by atoms with Gasteiger partial charge in [-0.15, -0.1) is 0 Å². The Morgan fingerprint density at radius 3 is 0.750 bits per heavy atom. The Morgan fingerprint density at radius 1 is 0.750 bits per heavy atom. The van der Waals surface area contributed by atoms with Gasteiger partial charge in [-0.2, -0.15) is 0 Å². The fourth-order valence-electron chi connectivity index (χ4n) is 0. The van der Waals surface area contributed by atoms with E-state index in [1.165, 1.54) is 0 Å². The molecule has 0 amide bonds. The van der Waals surface area contributed by atoms with Crippen LogP contribution in [0.5, 0.6) is 0 Å². The van der Waals surface area contributed by atoms with Gasteiger partial charge in [-0.25, -0.2) is 0 Å². The summed E-state index contributed by atoms with van der Waals surface area (Å²) in [6, 6.07) is 0. The van der Waals surface area contributed by atoms with E-state index in [1.54, 1.807) is 0 Å². The SMILES string of the molecule is [Cl-].[Cl-].[Cl][Mo]([Cl])([Cl])[Cl].[Fe+2]. The van der Waals surface area contributed by atoms with Crippen molar-refractivity contribution >= 4 is 37.7 Å². The van der Waals surface area contributed by atoms with E-state index >= 15 is 0 Å². The summed E-state index contributed by atoms with van der Waals surface area (Å²) in [6.45, 7) is 0. The molecule has 0 aliphatic carbocycles. The first-order chi connectivity index (χ1) is 2.00. The maximum atomic E-state index is 5.02. The summed E-state index contributed by atoms with van der Waals surface area (Å²) in [4.78, 5) is 0. The minimum atomic E-state index is -3.13. The van der Waals surface area contributed by atoms with Crippen molar-refractivity contribution in [2.45, 2.75) is 0 Å². The van der Waals surface area contributed by atoms with Gasteiger partial charge in [-0.05, 0) is 0 Å². The van der Waals surface area contributed by atoms with E-state index in [-0.39, 0.29) is 41.9 Å². The summed E-state index contributed by atoms with van der Waals surface area (Å²) < 4.78 is 0. The van der Waals surface area contributed by atoms with Crippen LogP contribution >= 0.6 is 37.7 Å². The van der Waals surface area contributed by atoms with E-state index < -0.39 is 11.9 Å². The molecule has 0 heterocycles. The second-order valence-corrected chi connectivity index (χ2v) is 18.6. The second kappa shape index (κ2) is 9.95. The summed E-state index contributed by atoms with van der Waals surface area (Å²) in [5, 5.41) is 0. The van der Waals surface area contributed by atoms with Crippen molar-refractivity contribution in [3.05, 3.63) is 0 Å². The molecule has 0 aromatic rings. The predicted molar refractivity (Wildman–Crippen MR) is 23.4 cm³/mol. The van der Waals surface area contributed by atoms with Crippen molar-refractivity contribution in [2.75, 3.05) is 0 Å². The fourth-order valence-corrected chi connectivity index (χ4v) is 0. The number of hydrogen-bond acceptors (Lipinski definition) is 0. The van der Waals surface area contributed by atoms with Crippen LogP contribution < -0.4 is 24.8 Å². The third-order valence-corrected chi connectivity index (χ3v) is 0. The summed E-state index contributed by atoms with van der Waals surface area (Å²) in [6.07, 6.45) is 0. The van der Waals surface area contributed by atoms with Crippen LogP contribution in [-0.4, -0.2) is 0 Å². The van der Waals surface area contributed by atoms with Crippen molar-refractivity contribution in [3.8, 4) is 0 Å². The standard InChI is InChI=1S/6ClH.Fe.Mo/h6*1H;;/q;;;;;;+2;+4/p-6. The van der Waals surface area contributed by atoms with E-state index in [4.69, 9.17) is 37.7 Å². The van der Waals surface area contributed by atoms with Crippen molar-refractivity contribution in [2.24, 2.45) is 0 Å². The van der Waals surface area contributed by atoms with Crippen LogP contribution in [-0.2, 0) is 29.0 Å². The first kappa shape index (κ1) is 22.4. The van der Waals surface area contributed by atoms with Gasteiger partial charge < -0.3 is 24.8 Å². The molecule has 0 unspecified atom stereocenters. The van der Waals surface area contributed by atoms with Gasteiger partial charge in [0.15, 0.2) is 0 Å². The van der Waals surface area contributed by atoms with E-state index in [1.807, 2.05) is 0 Å². The Labute approximate surface area is 90.1 Å². The van der Waals surface area contributed by atoms with E-state index in [9.17, 15) is 0 Å². The Morgan fingerprint density at radius 2 is 0.750 bits per heavy atom. The van der Waals surface area contributed by atoms with E-state index in [0.717, 1.165) is 0 Å². The van der Waals surface area contributed by atoms with Crippen LogP contribution in [0.25, 0.3) is 0 Å².